The molecule has 116 valence electrons. The van der Waals surface area contributed by atoms with Gasteiger partial charge in [0.25, 0.3) is 0 Å². The van der Waals surface area contributed by atoms with Crippen LogP contribution in [0.4, 0.5) is 16.4 Å². The van der Waals surface area contributed by atoms with E-state index in [-0.39, 0.29) is 12.1 Å². The molecule has 22 heavy (non-hydrogen) atoms. The van der Waals surface area contributed by atoms with Gasteiger partial charge in [-0.3, -0.25) is 5.32 Å². The van der Waals surface area contributed by atoms with Crippen LogP contribution in [0.25, 0.3) is 0 Å². The molecule has 1 aliphatic rings. The molecule has 2 aromatic rings. The average Bonchev–Trinajstić information content (AvgIpc) is 2.84. The lowest BCUT2D eigenvalue weighted by molar-refractivity contribution is 0.245. The number of aryl methyl sites for hydroxylation is 1. The number of rotatable bonds is 4. The number of anilines is 2. The molecule has 9 heteroatoms. The van der Waals surface area contributed by atoms with E-state index >= 15 is 0 Å². The first-order valence-corrected chi connectivity index (χ1v) is 6.82. The van der Waals surface area contributed by atoms with Gasteiger partial charge in [0.05, 0.1) is 13.2 Å². The first-order chi connectivity index (χ1) is 10.7. The number of ether oxygens (including phenoxy) is 1. The number of amides is 2. The minimum Gasteiger partial charge on any atom is -0.480 e. The summed E-state index contributed by atoms with van der Waals surface area (Å²) in [5, 5.41) is 9.72. The van der Waals surface area contributed by atoms with E-state index in [0.717, 1.165) is 18.9 Å². The SMILES string of the molecule is COc1cc(NC(=O)NC2CN(c3ccncn3)C2)n(C)n1. The Balaban J connectivity index is 1.48. The Morgan fingerprint density at radius 3 is 2.91 bits per heavy atom. The highest BCUT2D eigenvalue weighted by molar-refractivity contribution is 5.89. The highest BCUT2D eigenvalue weighted by Gasteiger charge is 2.29. The maximum absolute atomic E-state index is 12.0. The lowest BCUT2D eigenvalue weighted by Gasteiger charge is -2.40. The number of carbonyl (C=O) groups is 1. The third kappa shape index (κ3) is 2.92. The highest BCUT2D eigenvalue weighted by Crippen LogP contribution is 2.18. The lowest BCUT2D eigenvalue weighted by atomic mass is 10.1. The molecule has 0 aliphatic carbocycles. The number of urea groups is 1. The van der Waals surface area contributed by atoms with Crippen molar-refractivity contribution < 1.29 is 9.53 Å². The Morgan fingerprint density at radius 2 is 2.27 bits per heavy atom. The van der Waals surface area contributed by atoms with E-state index in [9.17, 15) is 4.79 Å². The number of carbonyl (C=O) groups excluding carboxylic acids is 1. The van der Waals surface area contributed by atoms with E-state index in [2.05, 4.69) is 30.6 Å². The molecule has 1 fully saturated rings. The predicted octanol–water partition coefficient (Wildman–Crippen LogP) is 0.229. The van der Waals surface area contributed by atoms with E-state index < -0.39 is 0 Å². The molecule has 9 nitrogen and oxygen atoms in total. The number of hydrogen-bond acceptors (Lipinski definition) is 6. The molecule has 0 radical (unpaired) electrons. The molecule has 0 saturated carbocycles. The van der Waals surface area contributed by atoms with Gasteiger partial charge in [-0.2, -0.15) is 0 Å². The van der Waals surface area contributed by atoms with Crippen molar-refractivity contribution >= 4 is 17.7 Å². The quantitative estimate of drug-likeness (QED) is 0.839. The van der Waals surface area contributed by atoms with E-state index in [0.29, 0.717) is 11.7 Å². The van der Waals surface area contributed by atoms with Crippen molar-refractivity contribution in [2.24, 2.45) is 7.05 Å². The fourth-order valence-electron chi connectivity index (χ4n) is 2.22. The maximum Gasteiger partial charge on any atom is 0.320 e. The van der Waals surface area contributed by atoms with Gasteiger partial charge in [-0.1, -0.05) is 0 Å². The third-order valence-electron chi connectivity index (χ3n) is 3.42. The maximum atomic E-state index is 12.0. The standard InChI is InChI=1S/C13H17N7O2/c1-19-11(5-12(18-19)22-2)17-13(21)16-9-6-20(7-9)10-3-4-14-8-15-10/h3-5,8-9H,6-7H2,1-2H3,(H2,16,17,21). The topological polar surface area (TPSA) is 97.2 Å². The van der Waals surface area contributed by atoms with Crippen LogP contribution in [0.5, 0.6) is 5.88 Å². The Morgan fingerprint density at radius 1 is 1.45 bits per heavy atom. The molecular weight excluding hydrogens is 286 g/mol. The predicted molar refractivity (Wildman–Crippen MR) is 79.9 cm³/mol. The van der Waals surface area contributed by atoms with Gasteiger partial charge in [-0.25, -0.2) is 19.4 Å². The monoisotopic (exact) mass is 303 g/mol. The number of nitrogens with one attached hydrogen (secondary N) is 2. The van der Waals surface area contributed by atoms with Crippen molar-refractivity contribution in [2.75, 3.05) is 30.4 Å². The van der Waals surface area contributed by atoms with Gasteiger partial charge in [0.2, 0.25) is 5.88 Å². The largest absolute Gasteiger partial charge is 0.480 e. The normalized spacial score (nSPS) is 14.4. The summed E-state index contributed by atoms with van der Waals surface area (Å²) in [5.74, 6) is 1.89. The van der Waals surface area contributed by atoms with Gasteiger partial charge in [0.15, 0.2) is 0 Å². The zero-order chi connectivity index (χ0) is 15.5. The minimum atomic E-state index is -0.266. The van der Waals surface area contributed by atoms with E-state index in [1.165, 1.54) is 13.4 Å². The number of methoxy groups -OCH3 is 1. The lowest BCUT2D eigenvalue weighted by Crippen LogP contribution is -2.60. The van der Waals surface area contributed by atoms with Crippen molar-refractivity contribution in [2.45, 2.75) is 6.04 Å². The van der Waals surface area contributed by atoms with Gasteiger partial charge < -0.3 is 15.0 Å². The minimum absolute atomic E-state index is 0.0880. The molecule has 0 bridgehead atoms. The molecular formula is C13H17N7O2. The van der Waals surface area contributed by atoms with Gasteiger partial charge in [0.1, 0.15) is 18.0 Å². The smallest absolute Gasteiger partial charge is 0.320 e. The van der Waals surface area contributed by atoms with Crippen LogP contribution in [0, 0.1) is 0 Å². The van der Waals surface area contributed by atoms with Crippen molar-refractivity contribution in [3.05, 3.63) is 24.7 Å². The van der Waals surface area contributed by atoms with Crippen LogP contribution in [-0.2, 0) is 7.05 Å². The zero-order valence-corrected chi connectivity index (χ0v) is 12.4. The summed E-state index contributed by atoms with van der Waals surface area (Å²) in [4.78, 5) is 22.1. The summed E-state index contributed by atoms with van der Waals surface area (Å²) in [6.45, 7) is 1.44. The molecule has 3 rings (SSSR count). The molecule has 0 spiro atoms. The van der Waals surface area contributed by atoms with Crippen molar-refractivity contribution in [3.8, 4) is 5.88 Å². The van der Waals surface area contributed by atoms with Gasteiger partial charge in [-0.05, 0) is 6.07 Å². The third-order valence-corrected chi connectivity index (χ3v) is 3.42. The Hall–Kier alpha value is -2.84. The molecule has 1 aliphatic heterocycles. The second kappa shape index (κ2) is 5.88. The van der Waals surface area contributed by atoms with E-state index in [1.54, 1.807) is 24.0 Å². The molecule has 3 heterocycles. The average molecular weight is 303 g/mol. The van der Waals surface area contributed by atoms with Crippen LogP contribution in [-0.4, -0.2) is 52.0 Å². The molecule has 2 N–H and O–H groups in total. The molecule has 2 amide bonds. The number of hydrogen-bond donors (Lipinski definition) is 2. The summed E-state index contributed by atoms with van der Waals surface area (Å²) in [6, 6.07) is 3.33. The van der Waals surface area contributed by atoms with Gasteiger partial charge in [0, 0.05) is 32.4 Å². The fourth-order valence-corrected chi connectivity index (χ4v) is 2.22. The summed E-state index contributed by atoms with van der Waals surface area (Å²) >= 11 is 0. The Kier molecular flexibility index (Phi) is 3.77. The summed E-state index contributed by atoms with van der Waals surface area (Å²) < 4.78 is 6.56. The Bertz CT molecular complexity index is 652. The number of nitrogens with zero attached hydrogens (tertiary/aromatic N) is 5. The molecule has 0 unspecified atom stereocenters. The van der Waals surface area contributed by atoms with Crippen LogP contribution in [0.3, 0.4) is 0 Å². The molecule has 2 aromatic heterocycles. The first-order valence-electron chi connectivity index (χ1n) is 6.82. The van der Waals surface area contributed by atoms with Crippen LogP contribution >= 0.6 is 0 Å². The van der Waals surface area contributed by atoms with Crippen LogP contribution < -0.4 is 20.3 Å². The summed E-state index contributed by atoms with van der Waals surface area (Å²) in [6.07, 6.45) is 3.21. The van der Waals surface area contributed by atoms with Gasteiger partial charge >= 0.3 is 6.03 Å². The zero-order valence-electron chi connectivity index (χ0n) is 12.4. The second-order valence-corrected chi connectivity index (χ2v) is 4.96. The first kappa shape index (κ1) is 14.1. The summed E-state index contributed by atoms with van der Waals surface area (Å²) in [5.41, 5.74) is 0. The van der Waals surface area contributed by atoms with Crippen LogP contribution in [0.1, 0.15) is 0 Å². The van der Waals surface area contributed by atoms with Crippen molar-refractivity contribution in [3.63, 3.8) is 0 Å². The van der Waals surface area contributed by atoms with Gasteiger partial charge in [-0.15, -0.1) is 5.10 Å². The second-order valence-electron chi connectivity index (χ2n) is 4.96. The molecule has 0 aromatic carbocycles. The Labute approximate surface area is 127 Å². The van der Waals surface area contributed by atoms with Crippen LogP contribution in [0.15, 0.2) is 24.7 Å². The van der Waals surface area contributed by atoms with Crippen molar-refractivity contribution in [1.82, 2.24) is 25.1 Å². The molecule has 0 atom stereocenters. The summed E-state index contributed by atoms with van der Waals surface area (Å²) in [7, 11) is 3.26. The highest BCUT2D eigenvalue weighted by atomic mass is 16.5. The molecule has 1 saturated heterocycles. The van der Waals surface area contributed by atoms with Crippen molar-refractivity contribution in [1.29, 1.82) is 0 Å². The number of aromatic nitrogens is 4. The fraction of sp³-hybridized carbons (Fsp3) is 0.385. The van der Waals surface area contributed by atoms with Crippen LogP contribution in [0.2, 0.25) is 0 Å². The van der Waals surface area contributed by atoms with E-state index in [1.807, 2.05) is 6.07 Å². The van der Waals surface area contributed by atoms with E-state index in [4.69, 9.17) is 4.74 Å².